The van der Waals surface area contributed by atoms with Crippen LogP contribution in [0.25, 0.3) is 0 Å². The molecule has 0 fully saturated rings. The summed E-state index contributed by atoms with van der Waals surface area (Å²) in [5.74, 6) is 0. The second-order valence-corrected chi connectivity index (χ2v) is 0.770. The molecule has 0 rings (SSSR count). The van der Waals surface area contributed by atoms with Gasteiger partial charge in [0, 0.05) is 7.05 Å². The largest absolute Gasteiger partial charge is 0.451 e. The molecular formula is C3H6N2O2. The molecule has 0 saturated heterocycles. The minimum Gasteiger partial charge on any atom is -0.450 e. The second-order valence-electron chi connectivity index (χ2n) is 0.770. The summed E-state index contributed by atoms with van der Waals surface area (Å²) in [5.41, 5.74) is 0. The topological polar surface area (TPSA) is 51.0 Å². The molecule has 40 valence electrons. The van der Waals surface area contributed by atoms with Crippen molar-refractivity contribution in [2.45, 2.75) is 0 Å². The van der Waals surface area contributed by atoms with Crippen molar-refractivity contribution in [1.29, 1.82) is 0 Å². The lowest BCUT2D eigenvalue weighted by atomic mass is 11.2. The molecule has 0 heterocycles. The number of azo groups is 1. The number of nitrogens with zero attached hydrogens (tertiary/aromatic N) is 2. The van der Waals surface area contributed by atoms with Crippen LogP contribution in [0.3, 0.4) is 0 Å². The number of ether oxygens (including phenoxy) is 1. The summed E-state index contributed by atoms with van der Waals surface area (Å²) >= 11 is 0. The highest BCUT2D eigenvalue weighted by Crippen LogP contribution is 1.77. The summed E-state index contributed by atoms with van der Waals surface area (Å²) in [4.78, 5) is 9.93. The fraction of sp³-hybridized carbons (Fsp3) is 0.667. The van der Waals surface area contributed by atoms with Crippen LogP contribution in [0, 0.1) is 0 Å². The number of amides is 1. The van der Waals surface area contributed by atoms with E-state index in [2.05, 4.69) is 15.0 Å². The maximum atomic E-state index is 9.93. The van der Waals surface area contributed by atoms with E-state index in [0.29, 0.717) is 0 Å². The van der Waals surface area contributed by atoms with E-state index in [1.807, 2.05) is 0 Å². The first kappa shape index (κ1) is 6.07. The van der Waals surface area contributed by atoms with E-state index in [4.69, 9.17) is 0 Å². The van der Waals surface area contributed by atoms with Crippen LogP contribution in [0.2, 0.25) is 0 Å². The molecule has 0 radical (unpaired) electrons. The SMILES string of the molecule is CN=NC(=O)OC. The Balaban J connectivity index is 3.37. The van der Waals surface area contributed by atoms with Crippen LogP contribution >= 0.6 is 0 Å². The molecule has 0 saturated carbocycles. The van der Waals surface area contributed by atoms with Crippen molar-refractivity contribution in [3.05, 3.63) is 0 Å². The van der Waals surface area contributed by atoms with Crippen molar-refractivity contribution < 1.29 is 9.53 Å². The van der Waals surface area contributed by atoms with E-state index < -0.39 is 6.09 Å². The average molecular weight is 102 g/mol. The fourth-order valence-electron chi connectivity index (χ4n) is 0.122. The maximum absolute atomic E-state index is 9.93. The molecular weight excluding hydrogens is 96.0 g/mol. The minimum atomic E-state index is -0.664. The van der Waals surface area contributed by atoms with E-state index in [-0.39, 0.29) is 0 Å². The van der Waals surface area contributed by atoms with Crippen molar-refractivity contribution in [2.24, 2.45) is 10.2 Å². The zero-order valence-electron chi connectivity index (χ0n) is 4.21. The Morgan fingerprint density at radius 1 is 1.71 bits per heavy atom. The van der Waals surface area contributed by atoms with E-state index >= 15 is 0 Å². The highest BCUT2D eigenvalue weighted by atomic mass is 16.5. The molecule has 7 heavy (non-hydrogen) atoms. The molecule has 0 unspecified atom stereocenters. The van der Waals surface area contributed by atoms with Crippen molar-refractivity contribution in [3.8, 4) is 0 Å². The molecule has 0 spiro atoms. The Hall–Kier alpha value is -0.930. The van der Waals surface area contributed by atoms with Crippen LogP contribution in [0.4, 0.5) is 4.79 Å². The van der Waals surface area contributed by atoms with Crippen LogP contribution in [-0.2, 0) is 4.74 Å². The number of carbonyl (C=O) groups excluding carboxylic acids is 1. The molecule has 0 aliphatic carbocycles. The Morgan fingerprint density at radius 3 is 2.43 bits per heavy atom. The molecule has 0 aliphatic rings. The number of carbonyl (C=O) groups is 1. The normalized spacial score (nSPS) is 9.43. The van der Waals surface area contributed by atoms with Crippen LogP contribution in [0.15, 0.2) is 10.2 Å². The first-order valence-electron chi connectivity index (χ1n) is 1.69. The fourth-order valence-corrected chi connectivity index (χ4v) is 0.122. The Labute approximate surface area is 41.2 Å². The van der Waals surface area contributed by atoms with Gasteiger partial charge in [0.15, 0.2) is 0 Å². The van der Waals surface area contributed by atoms with Crippen molar-refractivity contribution in [2.75, 3.05) is 14.2 Å². The summed E-state index contributed by atoms with van der Waals surface area (Å²) in [7, 11) is 2.65. The molecule has 0 atom stereocenters. The Kier molecular flexibility index (Phi) is 2.83. The minimum absolute atomic E-state index is 0.664. The lowest BCUT2D eigenvalue weighted by Gasteiger charge is -1.82. The van der Waals surface area contributed by atoms with E-state index in [9.17, 15) is 4.79 Å². The number of hydrogen-bond acceptors (Lipinski definition) is 3. The molecule has 0 aliphatic heterocycles. The van der Waals surface area contributed by atoms with Crippen LogP contribution in [0.5, 0.6) is 0 Å². The number of hydrogen-bond donors (Lipinski definition) is 0. The van der Waals surface area contributed by atoms with E-state index in [0.717, 1.165) is 0 Å². The summed E-state index contributed by atoms with van der Waals surface area (Å²) in [6.07, 6.45) is -0.664. The summed E-state index contributed by atoms with van der Waals surface area (Å²) in [5, 5.41) is 6.16. The average Bonchev–Trinajstić information content (AvgIpc) is 1.68. The van der Waals surface area contributed by atoms with Gasteiger partial charge in [-0.3, -0.25) is 0 Å². The summed E-state index contributed by atoms with van der Waals surface area (Å²) in [6.45, 7) is 0. The lowest BCUT2D eigenvalue weighted by molar-refractivity contribution is 0.180. The monoisotopic (exact) mass is 102 g/mol. The van der Waals surface area contributed by atoms with Crippen molar-refractivity contribution in [3.63, 3.8) is 0 Å². The molecule has 0 aromatic carbocycles. The quantitative estimate of drug-likeness (QED) is 0.425. The van der Waals surface area contributed by atoms with Gasteiger partial charge in [-0.2, -0.15) is 5.11 Å². The van der Waals surface area contributed by atoms with Crippen molar-refractivity contribution in [1.82, 2.24) is 0 Å². The molecule has 4 heteroatoms. The van der Waals surface area contributed by atoms with Crippen LogP contribution in [-0.4, -0.2) is 20.3 Å². The number of methoxy groups -OCH3 is 1. The van der Waals surface area contributed by atoms with Crippen LogP contribution in [0.1, 0.15) is 0 Å². The first-order chi connectivity index (χ1) is 3.31. The van der Waals surface area contributed by atoms with Gasteiger partial charge in [-0.05, 0) is 0 Å². The van der Waals surface area contributed by atoms with E-state index in [1.165, 1.54) is 14.2 Å². The third kappa shape index (κ3) is 2.88. The smallest absolute Gasteiger partial charge is 0.450 e. The predicted molar refractivity (Wildman–Crippen MR) is 23.2 cm³/mol. The van der Waals surface area contributed by atoms with Gasteiger partial charge < -0.3 is 4.74 Å². The lowest BCUT2D eigenvalue weighted by Crippen LogP contribution is -1.88. The van der Waals surface area contributed by atoms with Gasteiger partial charge in [0.1, 0.15) is 0 Å². The van der Waals surface area contributed by atoms with Crippen molar-refractivity contribution >= 4 is 6.09 Å². The molecule has 0 bridgehead atoms. The van der Waals surface area contributed by atoms with Gasteiger partial charge in [0.25, 0.3) is 0 Å². The van der Waals surface area contributed by atoms with Gasteiger partial charge in [-0.15, -0.1) is 0 Å². The standard InChI is InChI=1S/C3H6N2O2/c1-4-5-3(6)7-2/h1-2H3. The highest BCUT2D eigenvalue weighted by Gasteiger charge is 1.88. The Bertz CT molecular complexity index is 88.9. The molecule has 0 aromatic heterocycles. The molecule has 0 N–H and O–H groups in total. The number of rotatable bonds is 0. The molecule has 1 amide bonds. The van der Waals surface area contributed by atoms with Gasteiger partial charge in [0.2, 0.25) is 0 Å². The molecule has 4 nitrogen and oxygen atoms in total. The maximum Gasteiger partial charge on any atom is 0.451 e. The third-order valence-corrected chi connectivity index (χ3v) is 0.356. The predicted octanol–water partition coefficient (Wildman–Crippen LogP) is 0.835. The first-order valence-corrected chi connectivity index (χ1v) is 1.69. The Morgan fingerprint density at radius 2 is 2.29 bits per heavy atom. The van der Waals surface area contributed by atoms with Gasteiger partial charge in [-0.25, -0.2) is 4.79 Å². The zero-order chi connectivity index (χ0) is 5.70. The molecule has 0 aromatic rings. The second kappa shape index (κ2) is 3.27. The third-order valence-electron chi connectivity index (χ3n) is 0.356. The zero-order valence-corrected chi connectivity index (χ0v) is 4.21. The van der Waals surface area contributed by atoms with Gasteiger partial charge >= 0.3 is 6.09 Å². The van der Waals surface area contributed by atoms with Gasteiger partial charge in [0.05, 0.1) is 7.11 Å². The summed E-state index contributed by atoms with van der Waals surface area (Å²) < 4.78 is 4.09. The summed E-state index contributed by atoms with van der Waals surface area (Å²) in [6, 6.07) is 0. The van der Waals surface area contributed by atoms with Gasteiger partial charge in [-0.1, -0.05) is 5.11 Å². The van der Waals surface area contributed by atoms with Crippen LogP contribution < -0.4 is 0 Å². The highest BCUT2D eigenvalue weighted by molar-refractivity contribution is 5.67. The van der Waals surface area contributed by atoms with E-state index in [1.54, 1.807) is 0 Å².